The van der Waals surface area contributed by atoms with Crippen LogP contribution >= 0.6 is 0 Å². The minimum Gasteiger partial charge on any atom is -0.387 e. The van der Waals surface area contributed by atoms with E-state index in [-0.39, 0.29) is 0 Å². The molecule has 28 heavy (non-hydrogen) atoms. The van der Waals surface area contributed by atoms with E-state index in [4.69, 9.17) is 5.11 Å². The second-order valence-electron chi connectivity index (χ2n) is 7.92. The second kappa shape index (κ2) is 22.1. The first-order chi connectivity index (χ1) is 13.7. The molecule has 0 atom stereocenters. The van der Waals surface area contributed by atoms with Gasteiger partial charge in [-0.25, -0.2) is 0 Å². The van der Waals surface area contributed by atoms with Crippen LogP contribution < -0.4 is 5.32 Å². The summed E-state index contributed by atoms with van der Waals surface area (Å²) in [6.45, 7) is 1.62. The lowest BCUT2D eigenvalue weighted by Crippen LogP contribution is -2.31. The molecule has 2 N–H and O–H groups in total. The normalized spacial score (nSPS) is 11.2. The maximum atomic E-state index is 11.3. The number of carbonyl (C=O) groups excluding carboxylic acids is 2. The summed E-state index contributed by atoms with van der Waals surface area (Å²) in [6, 6.07) is 0. The topological polar surface area (TPSA) is 66.4 Å². The summed E-state index contributed by atoms with van der Waals surface area (Å²) in [4.78, 5) is 22.1. The van der Waals surface area contributed by atoms with E-state index in [2.05, 4.69) is 12.2 Å². The van der Waals surface area contributed by atoms with Gasteiger partial charge in [0, 0.05) is 0 Å². The van der Waals surface area contributed by atoms with Crippen LogP contribution in [0.4, 0.5) is 0 Å². The number of carbonyl (C=O) groups is 2. The average Bonchev–Trinajstić information content (AvgIpc) is 2.69. The Hall–Kier alpha value is -1.16. The van der Waals surface area contributed by atoms with Crippen LogP contribution in [0.1, 0.15) is 122 Å². The molecule has 0 aliphatic rings. The number of nitrogens with one attached hydrogen (secondary N) is 1. The third-order valence-electron chi connectivity index (χ3n) is 5.15. The number of aliphatic hydroxyl groups is 1. The largest absolute Gasteiger partial charge is 0.387 e. The molecule has 0 heterocycles. The first kappa shape index (κ1) is 26.8. The van der Waals surface area contributed by atoms with Gasteiger partial charge in [0.05, 0.1) is 0 Å². The molecule has 0 aliphatic carbocycles. The molecule has 0 aromatic rings. The van der Waals surface area contributed by atoms with Crippen molar-refractivity contribution >= 4 is 11.8 Å². The number of imide groups is 1. The van der Waals surface area contributed by atoms with Crippen molar-refractivity contribution in [3.05, 3.63) is 12.2 Å². The fourth-order valence-corrected chi connectivity index (χ4v) is 3.40. The summed E-state index contributed by atoms with van der Waals surface area (Å²) in [5.74, 6) is -1.11. The molecular formula is C24H45NO3. The van der Waals surface area contributed by atoms with Gasteiger partial charge in [0.25, 0.3) is 5.91 Å². The average molecular weight is 396 g/mol. The fraction of sp³-hybridized carbons (Fsp3) is 0.833. The van der Waals surface area contributed by atoms with Crippen molar-refractivity contribution in [3.8, 4) is 0 Å². The summed E-state index contributed by atoms with van der Waals surface area (Å²) in [5.41, 5.74) is 0. The van der Waals surface area contributed by atoms with Crippen LogP contribution in [0.2, 0.25) is 0 Å². The Balaban J connectivity index is 3.18. The number of rotatable bonds is 20. The molecule has 0 fully saturated rings. The van der Waals surface area contributed by atoms with E-state index >= 15 is 0 Å². The van der Waals surface area contributed by atoms with Crippen LogP contribution in [0.3, 0.4) is 0 Å². The SMILES string of the molecule is CCCCCCCCCCCCCCCCCCCC=CC(=O)NC(=O)CO. The van der Waals surface area contributed by atoms with Gasteiger partial charge in [-0.1, -0.05) is 116 Å². The van der Waals surface area contributed by atoms with Gasteiger partial charge < -0.3 is 5.11 Å². The third kappa shape index (κ3) is 21.1. The van der Waals surface area contributed by atoms with Gasteiger partial charge in [-0.05, 0) is 18.9 Å². The highest BCUT2D eigenvalue weighted by molar-refractivity contribution is 6.01. The van der Waals surface area contributed by atoms with Crippen molar-refractivity contribution in [2.45, 2.75) is 122 Å². The Kier molecular flexibility index (Phi) is 21.2. The van der Waals surface area contributed by atoms with E-state index < -0.39 is 18.4 Å². The van der Waals surface area contributed by atoms with Crippen LogP contribution in [0.15, 0.2) is 12.2 Å². The van der Waals surface area contributed by atoms with Crippen LogP contribution in [0.25, 0.3) is 0 Å². The zero-order valence-electron chi connectivity index (χ0n) is 18.4. The van der Waals surface area contributed by atoms with Gasteiger partial charge in [-0.3, -0.25) is 14.9 Å². The van der Waals surface area contributed by atoms with E-state index in [0.29, 0.717) is 0 Å². The molecule has 0 rings (SSSR count). The summed E-state index contributed by atoms with van der Waals surface area (Å²) < 4.78 is 0. The quantitative estimate of drug-likeness (QED) is 0.190. The number of amides is 2. The van der Waals surface area contributed by atoms with E-state index in [1.54, 1.807) is 6.08 Å². The van der Waals surface area contributed by atoms with Gasteiger partial charge in [0.2, 0.25) is 5.91 Å². The van der Waals surface area contributed by atoms with Crippen LogP contribution in [-0.4, -0.2) is 23.5 Å². The first-order valence-corrected chi connectivity index (χ1v) is 11.8. The second-order valence-corrected chi connectivity index (χ2v) is 7.92. The van der Waals surface area contributed by atoms with Crippen molar-refractivity contribution in [1.82, 2.24) is 5.32 Å². The van der Waals surface area contributed by atoms with E-state index in [1.165, 1.54) is 109 Å². The zero-order chi connectivity index (χ0) is 20.7. The third-order valence-corrected chi connectivity index (χ3v) is 5.15. The van der Waals surface area contributed by atoms with Crippen molar-refractivity contribution in [2.75, 3.05) is 6.61 Å². The number of hydrogen-bond donors (Lipinski definition) is 2. The molecule has 0 bridgehead atoms. The highest BCUT2D eigenvalue weighted by Gasteiger charge is 2.01. The smallest absolute Gasteiger partial charge is 0.252 e. The molecule has 0 aromatic carbocycles. The molecule has 0 aromatic heterocycles. The van der Waals surface area contributed by atoms with Gasteiger partial charge in [0.15, 0.2) is 0 Å². The first-order valence-electron chi connectivity index (χ1n) is 11.8. The van der Waals surface area contributed by atoms with Crippen molar-refractivity contribution in [2.24, 2.45) is 0 Å². The van der Waals surface area contributed by atoms with Gasteiger partial charge in [-0.15, -0.1) is 0 Å². The lowest BCUT2D eigenvalue weighted by atomic mass is 10.0. The molecule has 0 aliphatic heterocycles. The predicted octanol–water partition coefficient (Wildman–Crippen LogP) is 6.22. The molecule has 164 valence electrons. The molecule has 0 unspecified atom stereocenters. The molecule has 0 saturated heterocycles. The van der Waals surface area contributed by atoms with Gasteiger partial charge in [0.1, 0.15) is 6.61 Å². The monoisotopic (exact) mass is 395 g/mol. The Morgan fingerprint density at radius 1 is 0.679 bits per heavy atom. The highest BCUT2D eigenvalue weighted by Crippen LogP contribution is 2.14. The highest BCUT2D eigenvalue weighted by atomic mass is 16.3. The minimum absolute atomic E-state index is 0.453. The number of unbranched alkanes of at least 4 members (excludes halogenated alkanes) is 17. The Bertz CT molecular complexity index is 393. The minimum atomic E-state index is -0.660. The van der Waals surface area contributed by atoms with Crippen molar-refractivity contribution in [3.63, 3.8) is 0 Å². The van der Waals surface area contributed by atoms with E-state index in [0.717, 1.165) is 12.8 Å². The summed E-state index contributed by atoms with van der Waals surface area (Å²) in [5, 5.41) is 10.6. The van der Waals surface area contributed by atoms with E-state index in [1.807, 2.05) is 0 Å². The molecule has 0 radical (unpaired) electrons. The molecule has 2 amide bonds. The number of hydrogen-bond acceptors (Lipinski definition) is 3. The summed E-state index contributed by atoms with van der Waals surface area (Å²) in [6.07, 6.45) is 27.1. The Labute approximate surface area is 173 Å². The Morgan fingerprint density at radius 2 is 1.07 bits per heavy atom. The molecule has 0 saturated carbocycles. The standard InChI is InChI=1S/C24H45NO3/c1-2-3-4-5-6-7-8-9-10-11-12-13-14-15-16-17-18-19-20-21-23(27)25-24(28)22-26/h20-21,26H,2-19,22H2,1H3,(H,25,27,28). The Morgan fingerprint density at radius 3 is 1.46 bits per heavy atom. The fourth-order valence-electron chi connectivity index (χ4n) is 3.40. The molecule has 4 heteroatoms. The number of allylic oxidation sites excluding steroid dienone is 1. The van der Waals surface area contributed by atoms with Crippen LogP contribution in [0.5, 0.6) is 0 Å². The zero-order valence-corrected chi connectivity index (χ0v) is 18.4. The summed E-state index contributed by atoms with van der Waals surface area (Å²) in [7, 11) is 0. The lowest BCUT2D eigenvalue weighted by molar-refractivity contribution is -0.129. The number of aliphatic hydroxyl groups excluding tert-OH is 1. The van der Waals surface area contributed by atoms with Crippen molar-refractivity contribution < 1.29 is 14.7 Å². The maximum absolute atomic E-state index is 11.3. The van der Waals surface area contributed by atoms with Gasteiger partial charge >= 0.3 is 0 Å². The lowest BCUT2D eigenvalue weighted by Gasteiger charge is -2.03. The van der Waals surface area contributed by atoms with Crippen LogP contribution in [-0.2, 0) is 9.59 Å². The maximum Gasteiger partial charge on any atom is 0.252 e. The molecule has 4 nitrogen and oxygen atoms in total. The van der Waals surface area contributed by atoms with Crippen molar-refractivity contribution in [1.29, 1.82) is 0 Å². The van der Waals surface area contributed by atoms with E-state index in [9.17, 15) is 9.59 Å². The van der Waals surface area contributed by atoms with Gasteiger partial charge in [-0.2, -0.15) is 0 Å². The summed E-state index contributed by atoms with van der Waals surface area (Å²) >= 11 is 0. The molecule has 0 spiro atoms. The predicted molar refractivity (Wildman–Crippen MR) is 118 cm³/mol. The molecular weight excluding hydrogens is 350 g/mol. The van der Waals surface area contributed by atoms with Crippen LogP contribution in [0, 0.1) is 0 Å².